The van der Waals surface area contributed by atoms with Crippen LogP contribution < -0.4 is 4.90 Å². The summed E-state index contributed by atoms with van der Waals surface area (Å²) in [5, 5.41) is 23.0. The Labute approximate surface area is 79.3 Å². The van der Waals surface area contributed by atoms with Gasteiger partial charge in [0.05, 0.1) is 14.1 Å². The van der Waals surface area contributed by atoms with E-state index in [9.17, 15) is 0 Å². The van der Waals surface area contributed by atoms with Crippen molar-refractivity contribution in [2.24, 2.45) is 14.1 Å². The van der Waals surface area contributed by atoms with E-state index in [0.29, 0.717) is 11.9 Å². The lowest BCUT2D eigenvalue weighted by Crippen LogP contribution is -2.13. The van der Waals surface area contributed by atoms with E-state index in [1.54, 1.807) is 26.0 Å². The summed E-state index contributed by atoms with van der Waals surface area (Å²) in [6, 6.07) is 0. The molecular weight excluding hydrogens is 186 g/mol. The standard InChI is InChI=1S/C5H9N9/c1-12(4-6-10-13(2)8-4)5-7-11-14(3)9-5/h1-3H3. The summed E-state index contributed by atoms with van der Waals surface area (Å²) >= 11 is 0. The Balaban J connectivity index is 2.28. The lowest BCUT2D eigenvalue weighted by atomic mass is 10.8. The molecule has 0 radical (unpaired) electrons. The first kappa shape index (κ1) is 8.53. The van der Waals surface area contributed by atoms with E-state index in [4.69, 9.17) is 0 Å². The maximum atomic E-state index is 4.00. The number of tetrazole rings is 2. The predicted octanol–water partition coefficient (Wildman–Crippen LogP) is -1.50. The van der Waals surface area contributed by atoms with E-state index < -0.39 is 0 Å². The second-order valence-corrected chi connectivity index (χ2v) is 2.72. The van der Waals surface area contributed by atoms with Crippen LogP contribution in [0.2, 0.25) is 0 Å². The molecule has 74 valence electrons. The van der Waals surface area contributed by atoms with Gasteiger partial charge in [0.2, 0.25) is 0 Å². The zero-order valence-corrected chi connectivity index (χ0v) is 8.02. The molecule has 0 atom stereocenters. The molecule has 9 heteroatoms. The van der Waals surface area contributed by atoms with Gasteiger partial charge in [0.15, 0.2) is 0 Å². The monoisotopic (exact) mass is 195 g/mol. The molecule has 0 saturated carbocycles. The first-order chi connectivity index (χ1) is 6.66. The van der Waals surface area contributed by atoms with Crippen LogP contribution in [0.25, 0.3) is 0 Å². The number of aryl methyl sites for hydroxylation is 2. The highest BCUT2D eigenvalue weighted by molar-refractivity contribution is 5.43. The Morgan fingerprint density at radius 3 is 1.64 bits per heavy atom. The smallest absolute Gasteiger partial charge is 0.272 e. The van der Waals surface area contributed by atoms with Gasteiger partial charge in [-0.05, 0) is 10.4 Å². The first-order valence-corrected chi connectivity index (χ1v) is 3.88. The average molecular weight is 195 g/mol. The van der Waals surface area contributed by atoms with Crippen molar-refractivity contribution in [3.05, 3.63) is 0 Å². The van der Waals surface area contributed by atoms with Gasteiger partial charge in [-0.25, -0.2) is 0 Å². The number of hydrogen-bond acceptors (Lipinski definition) is 7. The highest BCUT2D eigenvalue weighted by atomic mass is 15.6. The molecule has 2 rings (SSSR count). The molecule has 0 aliphatic heterocycles. The fourth-order valence-electron chi connectivity index (χ4n) is 0.906. The molecule has 2 aromatic heterocycles. The molecule has 0 amide bonds. The van der Waals surface area contributed by atoms with Crippen LogP contribution in [0.1, 0.15) is 0 Å². The molecule has 0 aliphatic carbocycles. The molecule has 0 aliphatic rings. The molecule has 0 aromatic carbocycles. The number of rotatable bonds is 2. The van der Waals surface area contributed by atoms with Gasteiger partial charge in [0.25, 0.3) is 11.9 Å². The van der Waals surface area contributed by atoms with Gasteiger partial charge >= 0.3 is 0 Å². The minimum atomic E-state index is 0.431. The van der Waals surface area contributed by atoms with Gasteiger partial charge in [-0.1, -0.05) is 10.2 Å². The molecule has 0 unspecified atom stereocenters. The lowest BCUT2D eigenvalue weighted by molar-refractivity contribution is 0.628. The van der Waals surface area contributed by atoms with Gasteiger partial charge < -0.3 is 0 Å². The molecule has 14 heavy (non-hydrogen) atoms. The largest absolute Gasteiger partial charge is 0.277 e. The van der Waals surface area contributed by atoms with Crippen LogP contribution >= 0.6 is 0 Å². The van der Waals surface area contributed by atoms with Crippen LogP contribution in [-0.4, -0.2) is 47.5 Å². The average Bonchev–Trinajstić information content (AvgIpc) is 2.73. The molecule has 0 fully saturated rings. The lowest BCUT2D eigenvalue weighted by Gasteiger charge is -2.06. The van der Waals surface area contributed by atoms with E-state index >= 15 is 0 Å². The molecular formula is C5H9N9. The van der Waals surface area contributed by atoms with Gasteiger partial charge in [-0.15, -0.1) is 10.2 Å². The molecule has 0 saturated heterocycles. The molecule has 2 aromatic rings. The molecule has 0 bridgehead atoms. The predicted molar refractivity (Wildman–Crippen MR) is 45.7 cm³/mol. The number of anilines is 2. The van der Waals surface area contributed by atoms with E-state index in [0.717, 1.165) is 0 Å². The normalized spacial score (nSPS) is 10.5. The zero-order chi connectivity index (χ0) is 10.1. The minimum Gasteiger partial charge on any atom is -0.277 e. The Hall–Kier alpha value is -2.06. The third-order valence-electron chi connectivity index (χ3n) is 1.60. The van der Waals surface area contributed by atoms with E-state index in [1.807, 2.05) is 0 Å². The Kier molecular flexibility index (Phi) is 1.84. The second kappa shape index (κ2) is 3.01. The van der Waals surface area contributed by atoms with Crippen molar-refractivity contribution in [1.29, 1.82) is 0 Å². The summed E-state index contributed by atoms with van der Waals surface area (Å²) in [6.45, 7) is 0. The van der Waals surface area contributed by atoms with Crippen LogP contribution in [0.5, 0.6) is 0 Å². The first-order valence-electron chi connectivity index (χ1n) is 3.88. The SMILES string of the molecule is CN(c1nnn(C)n1)c1nnn(C)n1. The van der Waals surface area contributed by atoms with Crippen molar-refractivity contribution in [1.82, 2.24) is 40.4 Å². The maximum Gasteiger partial charge on any atom is 0.272 e. The third kappa shape index (κ3) is 1.39. The Bertz CT molecular complexity index is 388. The summed E-state index contributed by atoms with van der Waals surface area (Å²) in [4.78, 5) is 4.32. The highest BCUT2D eigenvalue weighted by Gasteiger charge is 2.13. The number of nitrogens with zero attached hydrogens (tertiary/aromatic N) is 9. The second-order valence-electron chi connectivity index (χ2n) is 2.72. The van der Waals surface area contributed by atoms with Crippen molar-refractivity contribution in [2.75, 3.05) is 11.9 Å². The fourth-order valence-corrected chi connectivity index (χ4v) is 0.906. The highest BCUT2D eigenvalue weighted by Crippen LogP contribution is 2.11. The van der Waals surface area contributed by atoms with Crippen molar-refractivity contribution >= 4 is 11.9 Å². The molecule has 0 N–H and O–H groups in total. The Morgan fingerprint density at radius 1 is 0.929 bits per heavy atom. The van der Waals surface area contributed by atoms with Crippen LogP contribution in [0, 0.1) is 0 Å². The quantitative estimate of drug-likeness (QED) is 0.576. The Morgan fingerprint density at radius 2 is 1.36 bits per heavy atom. The van der Waals surface area contributed by atoms with Crippen molar-refractivity contribution in [3.63, 3.8) is 0 Å². The number of hydrogen-bond donors (Lipinski definition) is 0. The molecule has 9 nitrogen and oxygen atoms in total. The van der Waals surface area contributed by atoms with Crippen LogP contribution in [0.15, 0.2) is 0 Å². The van der Waals surface area contributed by atoms with Crippen LogP contribution in [0.3, 0.4) is 0 Å². The summed E-state index contributed by atoms with van der Waals surface area (Å²) < 4.78 is 0. The van der Waals surface area contributed by atoms with E-state index in [1.165, 1.54) is 9.59 Å². The fraction of sp³-hybridized carbons (Fsp3) is 0.600. The van der Waals surface area contributed by atoms with Crippen LogP contribution in [-0.2, 0) is 14.1 Å². The van der Waals surface area contributed by atoms with Crippen molar-refractivity contribution in [2.45, 2.75) is 0 Å². The summed E-state index contributed by atoms with van der Waals surface area (Å²) in [5.41, 5.74) is 0. The van der Waals surface area contributed by atoms with Crippen molar-refractivity contribution in [3.8, 4) is 0 Å². The van der Waals surface area contributed by atoms with E-state index in [-0.39, 0.29) is 0 Å². The third-order valence-corrected chi connectivity index (χ3v) is 1.60. The van der Waals surface area contributed by atoms with Gasteiger partial charge in [-0.3, -0.25) is 4.90 Å². The number of aromatic nitrogens is 8. The molecule has 0 spiro atoms. The van der Waals surface area contributed by atoms with Gasteiger partial charge in [0.1, 0.15) is 0 Å². The van der Waals surface area contributed by atoms with Crippen molar-refractivity contribution < 1.29 is 0 Å². The topological polar surface area (TPSA) is 90.4 Å². The van der Waals surface area contributed by atoms with Gasteiger partial charge in [-0.2, -0.15) is 9.59 Å². The maximum absolute atomic E-state index is 4.00. The van der Waals surface area contributed by atoms with E-state index in [2.05, 4.69) is 30.8 Å². The zero-order valence-electron chi connectivity index (χ0n) is 8.02. The van der Waals surface area contributed by atoms with Gasteiger partial charge in [0, 0.05) is 7.05 Å². The van der Waals surface area contributed by atoms with Crippen LogP contribution in [0.4, 0.5) is 11.9 Å². The minimum absolute atomic E-state index is 0.431. The summed E-state index contributed by atoms with van der Waals surface area (Å²) in [6.07, 6.45) is 0. The summed E-state index contributed by atoms with van der Waals surface area (Å²) in [5.74, 6) is 0.862. The molecule has 2 heterocycles. The summed E-state index contributed by atoms with van der Waals surface area (Å²) in [7, 11) is 5.12.